The van der Waals surface area contributed by atoms with Crippen molar-refractivity contribution in [3.8, 4) is 0 Å². The molecule has 0 amide bonds. The molecule has 1 atom stereocenters. The van der Waals surface area contributed by atoms with Crippen molar-refractivity contribution in [2.24, 2.45) is 17.1 Å². The first-order chi connectivity index (χ1) is 9.91. The Hall–Kier alpha value is -0.730. The number of nitrogens with zero attached hydrogens (tertiary/aromatic N) is 1. The van der Waals surface area contributed by atoms with Gasteiger partial charge in [0.1, 0.15) is 0 Å². The first kappa shape index (κ1) is 16.6. The highest BCUT2D eigenvalue weighted by molar-refractivity contribution is 6.33. The second-order valence-corrected chi connectivity index (χ2v) is 7.71. The second kappa shape index (κ2) is 7.02. The van der Waals surface area contributed by atoms with E-state index in [0.29, 0.717) is 12.0 Å². The van der Waals surface area contributed by atoms with Gasteiger partial charge in [-0.2, -0.15) is 0 Å². The van der Waals surface area contributed by atoms with Gasteiger partial charge < -0.3 is 10.6 Å². The summed E-state index contributed by atoms with van der Waals surface area (Å²) in [6.07, 6.45) is 4.72. The van der Waals surface area contributed by atoms with Gasteiger partial charge in [0.15, 0.2) is 0 Å². The molecule has 0 spiro atoms. The van der Waals surface area contributed by atoms with Crippen molar-refractivity contribution in [3.63, 3.8) is 0 Å². The summed E-state index contributed by atoms with van der Waals surface area (Å²) in [6, 6.07) is 6.42. The lowest BCUT2D eigenvalue weighted by Crippen LogP contribution is -2.26. The maximum Gasteiger partial charge on any atom is 0.0642 e. The minimum Gasteiger partial charge on any atom is -0.370 e. The largest absolute Gasteiger partial charge is 0.370 e. The molecule has 1 heterocycles. The van der Waals surface area contributed by atoms with E-state index in [4.69, 9.17) is 17.3 Å². The summed E-state index contributed by atoms with van der Waals surface area (Å²) in [4.78, 5) is 2.46. The quantitative estimate of drug-likeness (QED) is 0.891. The van der Waals surface area contributed by atoms with Gasteiger partial charge in [0.2, 0.25) is 0 Å². The van der Waals surface area contributed by atoms with Crippen LogP contribution in [0.1, 0.15) is 45.6 Å². The van der Waals surface area contributed by atoms with Crippen LogP contribution in [0.4, 0.5) is 5.69 Å². The topological polar surface area (TPSA) is 29.3 Å². The molecule has 2 rings (SSSR count). The molecule has 0 saturated carbocycles. The Morgan fingerprint density at radius 3 is 2.62 bits per heavy atom. The molecule has 0 aromatic heterocycles. The summed E-state index contributed by atoms with van der Waals surface area (Å²) in [5, 5.41) is 0.871. The van der Waals surface area contributed by atoms with Crippen molar-refractivity contribution < 1.29 is 0 Å². The van der Waals surface area contributed by atoms with Crippen LogP contribution < -0.4 is 10.6 Å². The Morgan fingerprint density at radius 1 is 1.24 bits per heavy atom. The summed E-state index contributed by atoms with van der Waals surface area (Å²) in [7, 11) is 0. The van der Waals surface area contributed by atoms with Gasteiger partial charge in [0, 0.05) is 13.1 Å². The highest BCUT2D eigenvalue weighted by atomic mass is 35.5. The highest BCUT2D eigenvalue weighted by Gasteiger charge is 2.27. The summed E-state index contributed by atoms with van der Waals surface area (Å²) in [5.74, 6) is 0.804. The van der Waals surface area contributed by atoms with Crippen molar-refractivity contribution in [2.45, 2.75) is 46.5 Å². The molecule has 1 aromatic rings. The average Bonchev–Trinajstić information content (AvgIpc) is 2.64. The van der Waals surface area contributed by atoms with E-state index in [1.807, 2.05) is 0 Å². The minimum atomic E-state index is 0.408. The monoisotopic (exact) mass is 308 g/mol. The molecular formula is C18H29ClN2. The molecule has 1 aromatic carbocycles. The van der Waals surface area contributed by atoms with Crippen LogP contribution in [0.3, 0.4) is 0 Å². The molecule has 2 N–H and O–H groups in total. The highest BCUT2D eigenvalue weighted by Crippen LogP contribution is 2.36. The third kappa shape index (κ3) is 4.37. The number of anilines is 1. The Bertz CT molecular complexity index is 465. The van der Waals surface area contributed by atoms with Crippen LogP contribution in [-0.4, -0.2) is 19.6 Å². The zero-order chi connectivity index (χ0) is 15.5. The maximum atomic E-state index is 6.50. The third-order valence-corrected chi connectivity index (χ3v) is 5.04. The normalized spacial score (nSPS) is 20.4. The first-order valence-corrected chi connectivity index (χ1v) is 8.53. The van der Waals surface area contributed by atoms with Crippen molar-refractivity contribution in [3.05, 3.63) is 28.8 Å². The lowest BCUT2D eigenvalue weighted by Gasteiger charge is -2.30. The summed E-state index contributed by atoms with van der Waals surface area (Å²) >= 11 is 6.50. The smallest absolute Gasteiger partial charge is 0.0642 e. The number of hydrogen-bond donors (Lipinski definition) is 1. The fourth-order valence-corrected chi connectivity index (χ4v) is 3.65. The Kier molecular flexibility index (Phi) is 5.56. The number of benzene rings is 1. The standard InChI is InChI=1S/C18H29ClN2/c1-18(2,3)15-5-4-11-21(12-9-15)17-7-6-14(8-10-20)13-16(17)19/h6-7,13,15H,4-5,8-12,20H2,1-3H3. The third-order valence-electron chi connectivity index (χ3n) is 4.74. The van der Waals surface area contributed by atoms with E-state index in [2.05, 4.69) is 43.9 Å². The lowest BCUT2D eigenvalue weighted by molar-refractivity contribution is 0.220. The van der Waals surface area contributed by atoms with E-state index < -0.39 is 0 Å². The number of nitrogens with two attached hydrogens (primary N) is 1. The van der Waals surface area contributed by atoms with E-state index in [1.165, 1.54) is 30.5 Å². The molecular weight excluding hydrogens is 280 g/mol. The molecule has 1 fully saturated rings. The van der Waals surface area contributed by atoms with Gasteiger partial charge in [-0.25, -0.2) is 0 Å². The Labute approximate surface area is 134 Å². The summed E-state index contributed by atoms with van der Waals surface area (Å²) < 4.78 is 0. The van der Waals surface area contributed by atoms with Gasteiger partial charge in [0.05, 0.1) is 10.7 Å². The molecule has 0 radical (unpaired) electrons. The SMILES string of the molecule is CC(C)(C)C1CCCN(c2ccc(CCN)cc2Cl)CC1. The summed E-state index contributed by atoms with van der Waals surface area (Å²) in [5.41, 5.74) is 8.44. The van der Waals surface area contributed by atoms with Crippen molar-refractivity contribution >= 4 is 17.3 Å². The van der Waals surface area contributed by atoms with Gasteiger partial charge in [-0.05, 0) is 61.3 Å². The Morgan fingerprint density at radius 2 is 2.00 bits per heavy atom. The van der Waals surface area contributed by atoms with Gasteiger partial charge in [-0.3, -0.25) is 0 Å². The van der Waals surface area contributed by atoms with Crippen LogP contribution in [0.5, 0.6) is 0 Å². The summed E-state index contributed by atoms with van der Waals surface area (Å²) in [6.45, 7) is 9.98. The van der Waals surface area contributed by atoms with Crippen molar-refractivity contribution in [2.75, 3.05) is 24.5 Å². The van der Waals surface area contributed by atoms with Crippen LogP contribution in [0.2, 0.25) is 5.02 Å². The van der Waals surface area contributed by atoms with E-state index in [0.717, 1.165) is 30.5 Å². The van der Waals surface area contributed by atoms with Gasteiger partial charge in [-0.15, -0.1) is 0 Å². The molecule has 1 saturated heterocycles. The van der Waals surface area contributed by atoms with Gasteiger partial charge in [-0.1, -0.05) is 38.4 Å². The molecule has 3 heteroatoms. The predicted molar refractivity (Wildman–Crippen MR) is 93.2 cm³/mol. The fraction of sp³-hybridized carbons (Fsp3) is 0.667. The molecule has 1 aliphatic rings. The fourth-order valence-electron chi connectivity index (χ4n) is 3.33. The van der Waals surface area contributed by atoms with Crippen molar-refractivity contribution in [1.29, 1.82) is 0 Å². The zero-order valence-corrected chi connectivity index (χ0v) is 14.4. The van der Waals surface area contributed by atoms with E-state index in [9.17, 15) is 0 Å². The van der Waals surface area contributed by atoms with Gasteiger partial charge in [0.25, 0.3) is 0 Å². The molecule has 0 bridgehead atoms. The van der Waals surface area contributed by atoms with Crippen LogP contribution in [-0.2, 0) is 6.42 Å². The van der Waals surface area contributed by atoms with Crippen molar-refractivity contribution in [1.82, 2.24) is 0 Å². The minimum absolute atomic E-state index is 0.408. The number of halogens is 1. The van der Waals surface area contributed by atoms with Crippen LogP contribution in [0, 0.1) is 11.3 Å². The number of hydrogen-bond acceptors (Lipinski definition) is 2. The average molecular weight is 309 g/mol. The lowest BCUT2D eigenvalue weighted by atomic mass is 9.77. The number of rotatable bonds is 3. The molecule has 118 valence electrons. The van der Waals surface area contributed by atoms with Crippen LogP contribution >= 0.6 is 11.6 Å². The first-order valence-electron chi connectivity index (χ1n) is 8.15. The molecule has 2 nitrogen and oxygen atoms in total. The Balaban J connectivity index is 2.09. The second-order valence-electron chi connectivity index (χ2n) is 7.31. The molecule has 1 aliphatic heterocycles. The van der Waals surface area contributed by atoms with E-state index in [-0.39, 0.29) is 0 Å². The van der Waals surface area contributed by atoms with E-state index >= 15 is 0 Å². The maximum absolute atomic E-state index is 6.50. The predicted octanol–water partition coefficient (Wildman–Crippen LogP) is 4.49. The van der Waals surface area contributed by atoms with E-state index in [1.54, 1.807) is 0 Å². The molecule has 21 heavy (non-hydrogen) atoms. The van der Waals surface area contributed by atoms with Crippen LogP contribution in [0.15, 0.2) is 18.2 Å². The zero-order valence-electron chi connectivity index (χ0n) is 13.7. The molecule has 1 unspecified atom stereocenters. The molecule has 0 aliphatic carbocycles. The van der Waals surface area contributed by atoms with Crippen LogP contribution in [0.25, 0.3) is 0 Å². The van der Waals surface area contributed by atoms with Gasteiger partial charge >= 0.3 is 0 Å².